The zero-order chi connectivity index (χ0) is 15.1. The van der Waals surface area contributed by atoms with Crippen LogP contribution < -0.4 is 15.5 Å². The van der Waals surface area contributed by atoms with E-state index in [0.29, 0.717) is 22.8 Å². The maximum absolute atomic E-state index is 14.4. The number of nitrogens with one attached hydrogen (secondary N) is 2. The summed E-state index contributed by atoms with van der Waals surface area (Å²) in [5, 5.41) is 5.80. The number of hydrogen-bond acceptors (Lipinski definition) is 5. The van der Waals surface area contributed by atoms with Gasteiger partial charge >= 0.3 is 0 Å². The molecular weight excluding hydrogens is 303 g/mol. The fourth-order valence-electron chi connectivity index (χ4n) is 3.09. The van der Waals surface area contributed by atoms with Crippen molar-refractivity contribution >= 4 is 23.5 Å². The number of carbonyl (C=O) groups excluding carboxylic acids is 1. The summed E-state index contributed by atoms with van der Waals surface area (Å²) in [5.41, 5.74) is 1.43. The van der Waals surface area contributed by atoms with E-state index in [9.17, 15) is 9.18 Å². The van der Waals surface area contributed by atoms with Gasteiger partial charge in [0.15, 0.2) is 0 Å². The largest absolute Gasteiger partial charge is 0.371 e. The highest BCUT2D eigenvalue weighted by Gasteiger charge is 2.33. The number of nitrogens with zero attached hydrogens (tertiary/aromatic N) is 2. The number of rotatable bonds is 2. The lowest BCUT2D eigenvalue weighted by molar-refractivity contribution is -0.117. The number of carbonyl (C=O) groups is 1. The van der Waals surface area contributed by atoms with Crippen molar-refractivity contribution in [1.82, 2.24) is 15.6 Å². The second-order valence-electron chi connectivity index (χ2n) is 5.70. The zero-order valence-corrected chi connectivity index (χ0v) is 12.9. The Balaban J connectivity index is 1.55. The lowest BCUT2D eigenvalue weighted by atomic mass is 10.2. The molecule has 22 heavy (non-hydrogen) atoms. The molecule has 0 spiro atoms. The molecule has 1 aromatic rings. The van der Waals surface area contributed by atoms with Crippen molar-refractivity contribution in [3.63, 3.8) is 0 Å². The Morgan fingerprint density at radius 2 is 2.14 bits per heavy atom. The number of aromatic nitrogens is 1. The van der Waals surface area contributed by atoms with Gasteiger partial charge in [-0.25, -0.2) is 4.98 Å². The van der Waals surface area contributed by atoms with Crippen LogP contribution in [0.1, 0.15) is 30.2 Å². The second kappa shape index (κ2) is 5.46. The summed E-state index contributed by atoms with van der Waals surface area (Å²) >= 11 is 1.37. The van der Waals surface area contributed by atoms with E-state index < -0.39 is 5.95 Å². The molecule has 0 saturated carbocycles. The first-order chi connectivity index (χ1) is 10.7. The van der Waals surface area contributed by atoms with Gasteiger partial charge in [-0.15, -0.1) is 0 Å². The molecule has 1 fully saturated rings. The maximum Gasteiger partial charge on any atom is 0.259 e. The summed E-state index contributed by atoms with van der Waals surface area (Å²) in [6.45, 7) is 2.52. The Morgan fingerprint density at radius 1 is 1.32 bits per heavy atom. The maximum atomic E-state index is 14.4. The number of thioether (sulfide) groups is 1. The molecule has 1 saturated heterocycles. The molecule has 7 heteroatoms. The van der Waals surface area contributed by atoms with Gasteiger partial charge in [-0.3, -0.25) is 4.79 Å². The molecule has 1 unspecified atom stereocenters. The van der Waals surface area contributed by atoms with E-state index in [1.807, 2.05) is 6.07 Å². The van der Waals surface area contributed by atoms with Crippen LogP contribution in [0.15, 0.2) is 22.7 Å². The molecule has 1 amide bonds. The van der Waals surface area contributed by atoms with Gasteiger partial charge in [0.25, 0.3) is 5.91 Å². The van der Waals surface area contributed by atoms with Gasteiger partial charge < -0.3 is 15.5 Å². The highest BCUT2D eigenvalue weighted by atomic mass is 32.2. The summed E-state index contributed by atoms with van der Waals surface area (Å²) in [6.07, 6.45) is 3.04. The highest BCUT2D eigenvalue weighted by Crippen LogP contribution is 2.43. The van der Waals surface area contributed by atoms with Crippen LogP contribution in [0, 0.1) is 5.95 Å². The summed E-state index contributed by atoms with van der Waals surface area (Å²) in [5.74, 6) is 0.190. The van der Waals surface area contributed by atoms with Gasteiger partial charge in [-0.1, -0.05) is 11.8 Å². The average molecular weight is 320 g/mol. The van der Waals surface area contributed by atoms with Crippen LogP contribution in [0.25, 0.3) is 0 Å². The third-order valence-electron chi connectivity index (χ3n) is 4.26. The predicted molar refractivity (Wildman–Crippen MR) is 83.8 cm³/mol. The van der Waals surface area contributed by atoms with E-state index in [4.69, 9.17) is 0 Å². The van der Waals surface area contributed by atoms with Crippen molar-refractivity contribution < 1.29 is 9.18 Å². The average Bonchev–Trinajstić information content (AvgIpc) is 3.17. The smallest absolute Gasteiger partial charge is 0.259 e. The standard InChI is InChI=1S/C15H17FN4OS/c16-13-9(3-4-11(19-13)20-7-1-2-8-20)15-18-10-5-6-17-14(21)12(10)22-15/h3-4,15,18H,1-2,5-8H2,(H,17,21). The molecule has 0 aromatic carbocycles. The van der Waals surface area contributed by atoms with Gasteiger partial charge in [0.2, 0.25) is 5.95 Å². The molecule has 2 N–H and O–H groups in total. The fraction of sp³-hybridized carbons (Fsp3) is 0.467. The van der Waals surface area contributed by atoms with Gasteiger partial charge in [-0.05, 0) is 25.0 Å². The molecule has 3 aliphatic heterocycles. The number of hydrogen-bond donors (Lipinski definition) is 2. The third kappa shape index (κ3) is 2.33. The number of amides is 1. The number of pyridine rings is 1. The molecule has 1 aromatic heterocycles. The topological polar surface area (TPSA) is 57.3 Å². The van der Waals surface area contributed by atoms with Crippen LogP contribution in [0.3, 0.4) is 0 Å². The van der Waals surface area contributed by atoms with Crippen molar-refractivity contribution in [1.29, 1.82) is 0 Å². The van der Waals surface area contributed by atoms with Crippen molar-refractivity contribution in [2.45, 2.75) is 24.6 Å². The molecule has 4 heterocycles. The molecule has 0 radical (unpaired) electrons. The Hall–Kier alpha value is -1.76. The molecule has 0 bridgehead atoms. The van der Waals surface area contributed by atoms with Crippen LogP contribution in [0.2, 0.25) is 0 Å². The monoisotopic (exact) mass is 320 g/mol. The summed E-state index contributed by atoms with van der Waals surface area (Å²) in [6, 6.07) is 3.67. The van der Waals surface area contributed by atoms with E-state index in [2.05, 4.69) is 20.5 Å². The lowest BCUT2D eigenvalue weighted by Crippen LogP contribution is -2.31. The van der Waals surface area contributed by atoms with Gasteiger partial charge in [0.1, 0.15) is 11.2 Å². The highest BCUT2D eigenvalue weighted by molar-refractivity contribution is 8.04. The van der Waals surface area contributed by atoms with Crippen LogP contribution in [-0.2, 0) is 4.79 Å². The van der Waals surface area contributed by atoms with Gasteiger partial charge in [0.05, 0.1) is 4.91 Å². The van der Waals surface area contributed by atoms with E-state index in [1.165, 1.54) is 11.8 Å². The van der Waals surface area contributed by atoms with E-state index in [-0.39, 0.29) is 11.3 Å². The zero-order valence-electron chi connectivity index (χ0n) is 12.1. The molecule has 3 aliphatic rings. The van der Waals surface area contributed by atoms with E-state index in [0.717, 1.165) is 38.0 Å². The minimum Gasteiger partial charge on any atom is -0.371 e. The Labute approximate surface area is 132 Å². The third-order valence-corrected chi connectivity index (χ3v) is 5.53. The normalized spacial score (nSPS) is 24.3. The van der Waals surface area contributed by atoms with Crippen LogP contribution >= 0.6 is 11.8 Å². The first kappa shape index (κ1) is 13.9. The van der Waals surface area contributed by atoms with Crippen molar-refractivity contribution in [2.75, 3.05) is 24.5 Å². The SMILES string of the molecule is O=C1NCCC2=C1SC(c1ccc(N3CCCC3)nc1F)N2. The van der Waals surface area contributed by atoms with Crippen LogP contribution in [0.4, 0.5) is 10.2 Å². The Morgan fingerprint density at radius 3 is 2.86 bits per heavy atom. The van der Waals surface area contributed by atoms with E-state index in [1.54, 1.807) is 6.07 Å². The van der Waals surface area contributed by atoms with Gasteiger partial charge in [0, 0.05) is 37.3 Å². The summed E-state index contributed by atoms with van der Waals surface area (Å²) in [7, 11) is 0. The summed E-state index contributed by atoms with van der Waals surface area (Å²) < 4.78 is 14.4. The first-order valence-corrected chi connectivity index (χ1v) is 8.46. The number of halogens is 1. The van der Waals surface area contributed by atoms with Gasteiger partial charge in [-0.2, -0.15) is 4.39 Å². The van der Waals surface area contributed by atoms with E-state index >= 15 is 0 Å². The molecule has 0 aliphatic carbocycles. The molecule has 116 valence electrons. The fourth-order valence-corrected chi connectivity index (χ4v) is 4.32. The van der Waals surface area contributed by atoms with Crippen LogP contribution in [-0.4, -0.2) is 30.5 Å². The minimum atomic E-state index is -0.449. The molecule has 1 atom stereocenters. The minimum absolute atomic E-state index is 0.0664. The Kier molecular flexibility index (Phi) is 3.44. The predicted octanol–water partition coefficient (Wildman–Crippen LogP) is 1.89. The molecule has 4 rings (SSSR count). The lowest BCUT2D eigenvalue weighted by Gasteiger charge is -2.18. The Bertz CT molecular complexity index is 657. The van der Waals surface area contributed by atoms with Crippen LogP contribution in [0.5, 0.6) is 0 Å². The quantitative estimate of drug-likeness (QED) is 0.815. The summed E-state index contributed by atoms with van der Waals surface area (Å²) in [4.78, 5) is 18.7. The van der Waals surface area contributed by atoms with Crippen molar-refractivity contribution in [3.05, 3.63) is 34.2 Å². The molecule has 5 nitrogen and oxygen atoms in total. The molecular formula is C15H17FN4OS. The number of anilines is 1. The van der Waals surface area contributed by atoms with Crippen molar-refractivity contribution in [3.8, 4) is 0 Å². The second-order valence-corrected chi connectivity index (χ2v) is 6.81. The van der Waals surface area contributed by atoms with Crippen molar-refractivity contribution in [2.24, 2.45) is 0 Å². The first-order valence-electron chi connectivity index (χ1n) is 7.58.